The van der Waals surface area contributed by atoms with Gasteiger partial charge in [0.15, 0.2) is 5.82 Å². The molecule has 3 aromatic rings. The number of aliphatic imine (C=N–C) groups is 1. The van der Waals surface area contributed by atoms with Crippen LogP contribution in [0, 0.1) is 0 Å². The van der Waals surface area contributed by atoms with Crippen molar-refractivity contribution in [1.29, 1.82) is 0 Å². The molecular weight excluding hydrogens is 565 g/mol. The molecule has 0 saturated heterocycles. The summed E-state index contributed by atoms with van der Waals surface area (Å²) in [7, 11) is 0. The van der Waals surface area contributed by atoms with Gasteiger partial charge in [0.25, 0.3) is 17.7 Å². The lowest BCUT2D eigenvalue weighted by Gasteiger charge is -2.30. The predicted molar refractivity (Wildman–Crippen MR) is 146 cm³/mol. The van der Waals surface area contributed by atoms with Crippen LogP contribution in [0.3, 0.4) is 0 Å². The van der Waals surface area contributed by atoms with Gasteiger partial charge in [-0.2, -0.15) is 0 Å². The first-order chi connectivity index (χ1) is 18.7. The van der Waals surface area contributed by atoms with Crippen LogP contribution in [0.25, 0.3) is 0 Å². The number of nitrogens with zero attached hydrogens (tertiary/aromatic N) is 3. The van der Waals surface area contributed by atoms with Crippen molar-refractivity contribution in [2.24, 2.45) is 4.99 Å². The largest absolute Gasteiger partial charge is 0.480 e. The second-order valence-corrected chi connectivity index (χ2v) is 10.7. The van der Waals surface area contributed by atoms with Crippen molar-refractivity contribution >= 4 is 69.8 Å². The number of carboxylic acids is 1. The number of rotatable bonds is 7. The second-order valence-electron chi connectivity index (χ2n) is 8.93. The Balaban J connectivity index is 1.28. The highest BCUT2D eigenvalue weighted by Crippen LogP contribution is 2.35. The van der Waals surface area contributed by atoms with E-state index in [4.69, 9.17) is 23.2 Å². The molecule has 0 spiro atoms. The minimum Gasteiger partial charge on any atom is -0.480 e. The van der Waals surface area contributed by atoms with Crippen LogP contribution in [0.15, 0.2) is 46.9 Å². The average Bonchev–Trinajstić information content (AvgIpc) is 3.60. The first-order valence-corrected chi connectivity index (χ1v) is 13.5. The number of hydrogen-bond donors (Lipinski definition) is 3. The highest BCUT2D eigenvalue weighted by atomic mass is 35.5. The number of carbonyl (C=O) groups is 4. The van der Waals surface area contributed by atoms with Gasteiger partial charge in [0.2, 0.25) is 0 Å². The molecule has 4 heterocycles. The van der Waals surface area contributed by atoms with Crippen LogP contribution in [-0.2, 0) is 29.0 Å². The number of hydrogen-bond acceptors (Lipinski definition) is 7. The zero-order valence-electron chi connectivity index (χ0n) is 20.2. The fourth-order valence-corrected chi connectivity index (χ4v) is 5.88. The van der Waals surface area contributed by atoms with Crippen molar-refractivity contribution in [1.82, 2.24) is 20.5 Å². The van der Waals surface area contributed by atoms with Gasteiger partial charge in [0.05, 0.1) is 20.5 Å². The van der Waals surface area contributed by atoms with E-state index < -0.39 is 23.8 Å². The summed E-state index contributed by atoms with van der Waals surface area (Å²) in [6.45, 7) is 0.243. The van der Waals surface area contributed by atoms with E-state index in [-0.39, 0.29) is 34.6 Å². The van der Waals surface area contributed by atoms with Crippen molar-refractivity contribution in [3.63, 3.8) is 0 Å². The lowest BCUT2D eigenvalue weighted by Crippen LogP contribution is -2.48. The van der Waals surface area contributed by atoms with Crippen LogP contribution >= 0.6 is 34.5 Å². The Morgan fingerprint density at radius 2 is 1.95 bits per heavy atom. The number of fused-ring (bicyclic) bond motifs is 2. The van der Waals surface area contributed by atoms with E-state index in [0.717, 1.165) is 5.56 Å². The molecule has 0 saturated carbocycles. The Hall–Kier alpha value is -3.80. The van der Waals surface area contributed by atoms with Crippen LogP contribution in [0.2, 0.25) is 10.0 Å². The smallest absolute Gasteiger partial charge is 0.328 e. The second kappa shape index (κ2) is 11.1. The first kappa shape index (κ1) is 26.8. The molecule has 0 aliphatic carbocycles. The number of pyridine rings is 1. The van der Waals surface area contributed by atoms with Gasteiger partial charge >= 0.3 is 5.97 Å². The number of carbonyl (C=O) groups excluding carboxylic acids is 3. The van der Waals surface area contributed by atoms with Crippen LogP contribution in [-0.4, -0.2) is 63.5 Å². The lowest BCUT2D eigenvalue weighted by atomic mass is 9.96. The van der Waals surface area contributed by atoms with Gasteiger partial charge in [0, 0.05) is 37.8 Å². The monoisotopic (exact) mass is 585 g/mol. The van der Waals surface area contributed by atoms with Crippen molar-refractivity contribution in [3.8, 4) is 0 Å². The summed E-state index contributed by atoms with van der Waals surface area (Å²) >= 11 is 14.3. The molecule has 10 nitrogen and oxygen atoms in total. The average molecular weight is 586 g/mol. The molecule has 5 rings (SSSR count). The maximum Gasteiger partial charge on any atom is 0.328 e. The fraction of sp³-hybridized carbons (Fsp3) is 0.231. The molecule has 3 N–H and O–H groups in total. The quantitative estimate of drug-likeness (QED) is 0.388. The Labute approximate surface area is 236 Å². The minimum atomic E-state index is -1.41. The van der Waals surface area contributed by atoms with E-state index in [0.29, 0.717) is 46.9 Å². The highest BCUT2D eigenvalue weighted by Gasteiger charge is 2.32. The van der Waals surface area contributed by atoms with E-state index in [1.54, 1.807) is 40.7 Å². The molecule has 13 heteroatoms. The molecule has 200 valence electrons. The molecule has 2 aliphatic heterocycles. The van der Waals surface area contributed by atoms with Gasteiger partial charge in [-0.05, 0) is 41.1 Å². The summed E-state index contributed by atoms with van der Waals surface area (Å²) in [6.07, 6.45) is 2.41. The van der Waals surface area contributed by atoms with Gasteiger partial charge in [-0.15, -0.1) is 11.3 Å². The number of amides is 3. The molecule has 3 amide bonds. The number of aromatic nitrogens is 1. The van der Waals surface area contributed by atoms with Gasteiger partial charge < -0.3 is 20.6 Å². The maximum absolute atomic E-state index is 13.1. The predicted octanol–water partition coefficient (Wildman–Crippen LogP) is 3.28. The van der Waals surface area contributed by atoms with Gasteiger partial charge in [-0.1, -0.05) is 35.3 Å². The topological polar surface area (TPSA) is 141 Å². The van der Waals surface area contributed by atoms with Crippen LogP contribution in [0.1, 0.15) is 36.7 Å². The third-order valence-electron chi connectivity index (χ3n) is 6.45. The summed E-state index contributed by atoms with van der Waals surface area (Å²) in [6, 6.07) is 7.14. The molecule has 1 aromatic carbocycles. The summed E-state index contributed by atoms with van der Waals surface area (Å²) in [5, 5.41) is 16.3. The van der Waals surface area contributed by atoms with Crippen molar-refractivity contribution in [2.75, 3.05) is 13.1 Å². The summed E-state index contributed by atoms with van der Waals surface area (Å²) in [4.78, 5) is 60.8. The Bertz CT molecular complexity index is 1530. The molecule has 39 heavy (non-hydrogen) atoms. The van der Waals surface area contributed by atoms with Crippen molar-refractivity contribution < 1.29 is 24.3 Å². The summed E-state index contributed by atoms with van der Waals surface area (Å²) in [5.41, 5.74) is 2.59. The zero-order chi connectivity index (χ0) is 27.7. The van der Waals surface area contributed by atoms with Crippen molar-refractivity contribution in [3.05, 3.63) is 79.1 Å². The van der Waals surface area contributed by atoms with E-state index in [1.165, 1.54) is 11.3 Å². The normalized spacial score (nSPS) is 14.6. The Kier molecular flexibility index (Phi) is 7.65. The van der Waals surface area contributed by atoms with E-state index in [9.17, 15) is 24.3 Å². The molecular formula is C26H21Cl2N5O5S. The Morgan fingerprint density at radius 3 is 2.67 bits per heavy atom. The third-order valence-corrected chi connectivity index (χ3v) is 8.03. The molecule has 2 aliphatic rings. The molecule has 1 atom stereocenters. The van der Waals surface area contributed by atoms with Crippen molar-refractivity contribution in [2.45, 2.75) is 25.4 Å². The summed E-state index contributed by atoms with van der Waals surface area (Å²) < 4.78 is 0. The van der Waals surface area contributed by atoms with E-state index in [2.05, 4.69) is 20.6 Å². The minimum absolute atomic E-state index is 0.0205. The number of nitrogens with one attached hydrogen (secondary N) is 2. The maximum atomic E-state index is 13.1. The SMILES string of the molecule is O=C(NC[C@H](NC(=O)c1c(Cl)cc2c(c1Cl)CCN(C(=O)C1=Nc3ncccc3C1)C2)C(=O)O)c1cccs1. The van der Waals surface area contributed by atoms with Gasteiger partial charge in [-0.3, -0.25) is 14.4 Å². The number of carboxylic acid groups (broad SMARTS) is 1. The number of halogens is 2. The number of benzene rings is 1. The van der Waals surface area contributed by atoms with Crippen LogP contribution < -0.4 is 10.6 Å². The van der Waals surface area contributed by atoms with Crippen LogP contribution in [0.4, 0.5) is 5.82 Å². The molecule has 0 unspecified atom stereocenters. The number of aliphatic carboxylic acids is 1. The van der Waals surface area contributed by atoms with Gasteiger partial charge in [-0.25, -0.2) is 14.8 Å². The first-order valence-electron chi connectivity index (χ1n) is 11.9. The highest BCUT2D eigenvalue weighted by molar-refractivity contribution is 7.12. The van der Waals surface area contributed by atoms with E-state index >= 15 is 0 Å². The Morgan fingerprint density at radius 1 is 1.13 bits per heavy atom. The third kappa shape index (κ3) is 5.51. The fourth-order valence-electron chi connectivity index (χ4n) is 4.48. The zero-order valence-corrected chi connectivity index (χ0v) is 22.6. The standard InChI is InChI=1S/C26H21Cl2N5O5S/c27-16-9-14-12-33(25(36)17-10-13-3-1-6-29-22(13)31-17)7-5-15(14)21(28)20(16)24(35)32-18(26(37)38)11-30-23(34)19-4-2-8-39-19/h1-4,6,8-9,18H,5,7,10-12H2,(H,30,34)(H,32,35)(H,37,38)/t18-/m0/s1. The molecule has 0 bridgehead atoms. The van der Waals surface area contributed by atoms with Gasteiger partial charge in [0.1, 0.15) is 11.8 Å². The summed E-state index contributed by atoms with van der Waals surface area (Å²) in [5.74, 6) is -2.22. The molecule has 0 fully saturated rings. The lowest BCUT2D eigenvalue weighted by molar-refractivity contribution is -0.139. The molecule has 2 aromatic heterocycles. The van der Waals surface area contributed by atoms with Crippen LogP contribution in [0.5, 0.6) is 0 Å². The van der Waals surface area contributed by atoms with E-state index in [1.807, 2.05) is 6.07 Å². The molecule has 0 radical (unpaired) electrons. The number of thiophene rings is 1.